The smallest absolute Gasteiger partial charge is 1.00 e. The van der Waals surface area contributed by atoms with E-state index < -0.39 is 0 Å². The Kier molecular flexibility index (Phi) is 5.73. The topological polar surface area (TPSA) is 18.5 Å². The summed E-state index contributed by atoms with van der Waals surface area (Å²) in [6.45, 7) is 3.11. The maximum atomic E-state index is 4.94. The quantitative estimate of drug-likeness (QED) is 0.314. The fourth-order valence-corrected chi connectivity index (χ4v) is 0.440. The maximum absolute atomic E-state index is 4.94. The maximum Gasteiger partial charge on any atom is 1.00 e. The van der Waals surface area contributed by atoms with Crippen LogP contribution in [-0.2, 0) is 9.47 Å². The minimum atomic E-state index is 0. The van der Waals surface area contributed by atoms with Crippen molar-refractivity contribution in [1.82, 2.24) is 0 Å². The van der Waals surface area contributed by atoms with Gasteiger partial charge in [0.1, 0.15) is 0 Å². The van der Waals surface area contributed by atoms with E-state index in [1.54, 1.807) is 0 Å². The van der Waals surface area contributed by atoms with Crippen molar-refractivity contribution in [2.24, 2.45) is 0 Å². The average Bonchev–Trinajstić information content (AvgIpc) is 1.72. The van der Waals surface area contributed by atoms with E-state index in [4.69, 9.17) is 9.47 Å². The molecule has 0 aromatic heterocycles. The summed E-state index contributed by atoms with van der Waals surface area (Å²) < 4.78 is 9.89. The number of hydrogen-bond donors (Lipinski definition) is 0. The van der Waals surface area contributed by atoms with Crippen LogP contribution in [0.2, 0.25) is 0 Å². The first-order chi connectivity index (χ1) is 3.00. The van der Waals surface area contributed by atoms with E-state index in [-0.39, 0.29) is 31.0 Å². The standard InChI is InChI=1S/C4H8O2.Na.H/c1-2-6-4-3-5-1;;/h1-4H2;;/q;+1;-1. The molecule has 0 bridgehead atoms. The van der Waals surface area contributed by atoms with Gasteiger partial charge in [-0.15, -0.1) is 0 Å². The second kappa shape index (κ2) is 5.06. The Hall–Kier alpha value is 0.920. The molecule has 1 aliphatic rings. The van der Waals surface area contributed by atoms with Gasteiger partial charge in [-0.2, -0.15) is 0 Å². The van der Waals surface area contributed by atoms with Gasteiger partial charge in [0, 0.05) is 0 Å². The molecule has 1 aliphatic heterocycles. The molecule has 0 aliphatic carbocycles. The Morgan fingerprint density at radius 2 is 1.14 bits per heavy atom. The van der Waals surface area contributed by atoms with Crippen molar-refractivity contribution in [3.63, 3.8) is 0 Å². The molecule has 1 saturated heterocycles. The number of hydrogen-bond acceptors (Lipinski definition) is 2. The van der Waals surface area contributed by atoms with Crippen LogP contribution in [0.4, 0.5) is 0 Å². The van der Waals surface area contributed by atoms with Gasteiger partial charge >= 0.3 is 29.6 Å². The molecule has 1 fully saturated rings. The molecule has 2 nitrogen and oxygen atoms in total. The summed E-state index contributed by atoms with van der Waals surface area (Å²) in [7, 11) is 0. The van der Waals surface area contributed by atoms with Crippen LogP contribution in [0.15, 0.2) is 0 Å². The van der Waals surface area contributed by atoms with E-state index in [0.717, 1.165) is 26.4 Å². The van der Waals surface area contributed by atoms with Crippen molar-refractivity contribution in [3.05, 3.63) is 0 Å². The van der Waals surface area contributed by atoms with E-state index in [1.165, 1.54) is 0 Å². The minimum Gasteiger partial charge on any atom is -1.00 e. The number of rotatable bonds is 0. The molecule has 1 rings (SSSR count). The van der Waals surface area contributed by atoms with Crippen molar-refractivity contribution >= 4 is 0 Å². The summed E-state index contributed by atoms with van der Waals surface area (Å²) in [5.74, 6) is 0. The number of ether oxygens (including phenoxy) is 2. The fourth-order valence-electron chi connectivity index (χ4n) is 0.440. The third kappa shape index (κ3) is 3.50. The van der Waals surface area contributed by atoms with E-state index >= 15 is 0 Å². The first kappa shape index (κ1) is 7.92. The van der Waals surface area contributed by atoms with Gasteiger partial charge in [0.15, 0.2) is 0 Å². The largest absolute Gasteiger partial charge is 1.00 e. The average molecular weight is 112 g/mol. The van der Waals surface area contributed by atoms with Crippen LogP contribution in [-0.4, -0.2) is 26.4 Å². The Balaban J connectivity index is 0. The van der Waals surface area contributed by atoms with E-state index in [2.05, 4.69) is 0 Å². The monoisotopic (exact) mass is 112 g/mol. The molecule has 0 unspecified atom stereocenters. The predicted octanol–water partition coefficient (Wildman–Crippen LogP) is -2.85. The summed E-state index contributed by atoms with van der Waals surface area (Å²) in [6.07, 6.45) is 0. The summed E-state index contributed by atoms with van der Waals surface area (Å²) in [4.78, 5) is 0. The van der Waals surface area contributed by atoms with Crippen molar-refractivity contribution in [1.29, 1.82) is 0 Å². The Labute approximate surface area is 67.0 Å². The van der Waals surface area contributed by atoms with Crippen molar-refractivity contribution < 1.29 is 40.5 Å². The molecule has 0 radical (unpaired) electrons. The summed E-state index contributed by atoms with van der Waals surface area (Å²) in [6, 6.07) is 0. The summed E-state index contributed by atoms with van der Waals surface area (Å²) in [5.41, 5.74) is 0. The molecular weight excluding hydrogens is 103 g/mol. The molecule has 0 saturated carbocycles. The molecule has 38 valence electrons. The van der Waals surface area contributed by atoms with E-state index in [0.29, 0.717) is 0 Å². The van der Waals surface area contributed by atoms with Crippen LogP contribution in [0, 0.1) is 0 Å². The van der Waals surface area contributed by atoms with Crippen molar-refractivity contribution in [2.75, 3.05) is 26.4 Å². The molecule has 7 heavy (non-hydrogen) atoms. The van der Waals surface area contributed by atoms with Gasteiger partial charge < -0.3 is 10.9 Å². The first-order valence-electron chi connectivity index (χ1n) is 2.15. The molecular formula is C4H9NaO2. The van der Waals surface area contributed by atoms with Gasteiger partial charge in [-0.1, -0.05) is 0 Å². The Bertz CT molecular complexity index is 29.5. The zero-order valence-corrected chi connectivity index (χ0v) is 6.64. The van der Waals surface area contributed by atoms with Crippen LogP contribution in [0.5, 0.6) is 0 Å². The normalized spacial score (nSPS) is 20.6. The van der Waals surface area contributed by atoms with Gasteiger partial charge in [-0.05, 0) is 0 Å². The van der Waals surface area contributed by atoms with Gasteiger partial charge in [-0.25, -0.2) is 0 Å². The van der Waals surface area contributed by atoms with Crippen LogP contribution < -0.4 is 29.6 Å². The molecule has 0 atom stereocenters. The molecule has 0 spiro atoms. The molecule has 0 amide bonds. The molecule has 0 aromatic rings. The second-order valence-corrected chi connectivity index (χ2v) is 1.22. The molecule has 1 heterocycles. The van der Waals surface area contributed by atoms with Crippen LogP contribution in [0.1, 0.15) is 1.43 Å². The van der Waals surface area contributed by atoms with E-state index in [9.17, 15) is 0 Å². The zero-order chi connectivity index (χ0) is 4.24. The van der Waals surface area contributed by atoms with E-state index in [1.807, 2.05) is 0 Å². The third-order valence-electron chi connectivity index (χ3n) is 0.744. The molecule has 3 heteroatoms. The third-order valence-corrected chi connectivity index (χ3v) is 0.744. The predicted molar refractivity (Wildman–Crippen MR) is 22.7 cm³/mol. The zero-order valence-electron chi connectivity index (χ0n) is 5.64. The molecule has 0 N–H and O–H groups in total. The minimum absolute atomic E-state index is 0. The Morgan fingerprint density at radius 1 is 0.857 bits per heavy atom. The van der Waals surface area contributed by atoms with Gasteiger partial charge in [-0.3, -0.25) is 0 Å². The van der Waals surface area contributed by atoms with Crippen LogP contribution >= 0.6 is 0 Å². The summed E-state index contributed by atoms with van der Waals surface area (Å²) >= 11 is 0. The van der Waals surface area contributed by atoms with Crippen LogP contribution in [0.25, 0.3) is 0 Å². The Morgan fingerprint density at radius 3 is 1.29 bits per heavy atom. The van der Waals surface area contributed by atoms with Gasteiger partial charge in [0.2, 0.25) is 0 Å². The van der Waals surface area contributed by atoms with Crippen LogP contribution in [0.3, 0.4) is 0 Å². The fraction of sp³-hybridized carbons (Fsp3) is 1.00. The van der Waals surface area contributed by atoms with Crippen molar-refractivity contribution in [2.45, 2.75) is 0 Å². The second-order valence-electron chi connectivity index (χ2n) is 1.22. The van der Waals surface area contributed by atoms with Crippen molar-refractivity contribution in [3.8, 4) is 0 Å². The SMILES string of the molecule is C1COCCO1.[H-].[Na+]. The molecule has 0 aromatic carbocycles. The van der Waals surface area contributed by atoms with Gasteiger partial charge in [0.25, 0.3) is 0 Å². The summed E-state index contributed by atoms with van der Waals surface area (Å²) in [5, 5.41) is 0. The first-order valence-corrected chi connectivity index (χ1v) is 2.15. The van der Waals surface area contributed by atoms with Gasteiger partial charge in [0.05, 0.1) is 26.4 Å².